The van der Waals surface area contributed by atoms with Gasteiger partial charge in [0, 0.05) is 0 Å². The van der Waals surface area contributed by atoms with Crippen molar-refractivity contribution < 1.29 is 0 Å². The Morgan fingerprint density at radius 2 is 1.38 bits per heavy atom. The Kier molecular flexibility index (Phi) is 7.35. The maximum atomic E-state index is 3.22. The highest BCUT2D eigenvalue weighted by Gasteiger charge is 2.11. The smallest absolute Gasteiger partial charge is 0.00493 e. The van der Waals surface area contributed by atoms with Crippen molar-refractivity contribution in [1.82, 2.24) is 5.32 Å². The van der Waals surface area contributed by atoms with Crippen LogP contribution in [-0.2, 0) is 0 Å². The first-order valence-corrected chi connectivity index (χ1v) is 5.72. The molecule has 0 aromatic carbocycles. The summed E-state index contributed by atoms with van der Waals surface area (Å²) < 4.78 is 0. The average molecular weight is 185 g/mol. The van der Waals surface area contributed by atoms with Crippen LogP contribution in [0.3, 0.4) is 0 Å². The van der Waals surface area contributed by atoms with Crippen LogP contribution in [-0.4, -0.2) is 13.6 Å². The molecule has 0 radical (unpaired) electrons. The van der Waals surface area contributed by atoms with Crippen molar-refractivity contribution in [1.29, 1.82) is 0 Å². The van der Waals surface area contributed by atoms with Crippen LogP contribution in [0.15, 0.2) is 0 Å². The van der Waals surface area contributed by atoms with Crippen molar-refractivity contribution >= 4 is 0 Å². The summed E-state index contributed by atoms with van der Waals surface area (Å²) in [4.78, 5) is 0. The Morgan fingerprint density at radius 3 is 1.85 bits per heavy atom. The quantitative estimate of drug-likeness (QED) is 0.641. The molecule has 13 heavy (non-hydrogen) atoms. The molecule has 0 saturated carbocycles. The maximum Gasteiger partial charge on any atom is -0.00493 e. The van der Waals surface area contributed by atoms with E-state index in [-0.39, 0.29) is 0 Å². The summed E-state index contributed by atoms with van der Waals surface area (Å²) in [6, 6.07) is 0. The lowest BCUT2D eigenvalue weighted by Crippen LogP contribution is -2.16. The van der Waals surface area contributed by atoms with Crippen molar-refractivity contribution in [3.63, 3.8) is 0 Å². The van der Waals surface area contributed by atoms with E-state index in [1.807, 2.05) is 7.05 Å². The minimum absolute atomic E-state index is 0.860. The normalized spacial score (nSPS) is 16.2. The molecule has 2 unspecified atom stereocenters. The van der Waals surface area contributed by atoms with Crippen LogP contribution in [0.4, 0.5) is 0 Å². The van der Waals surface area contributed by atoms with Gasteiger partial charge in [-0.15, -0.1) is 0 Å². The van der Waals surface area contributed by atoms with Gasteiger partial charge in [-0.05, 0) is 37.8 Å². The predicted molar refractivity (Wildman–Crippen MR) is 60.9 cm³/mol. The molecule has 1 nitrogen and oxygen atoms in total. The highest BCUT2D eigenvalue weighted by atomic mass is 14.8. The van der Waals surface area contributed by atoms with Gasteiger partial charge in [-0.2, -0.15) is 0 Å². The molecule has 80 valence electrons. The Labute approximate surface area is 84.3 Å². The number of rotatable bonds is 7. The van der Waals surface area contributed by atoms with Crippen LogP contribution in [0, 0.1) is 17.8 Å². The van der Waals surface area contributed by atoms with Crippen LogP contribution in [0.1, 0.15) is 47.0 Å². The SMILES string of the molecule is CNCCC(C)C(C)CCC(C)C. The first-order valence-electron chi connectivity index (χ1n) is 5.72. The van der Waals surface area contributed by atoms with E-state index in [0.717, 1.165) is 24.3 Å². The molecule has 1 N–H and O–H groups in total. The summed E-state index contributed by atoms with van der Waals surface area (Å²) in [6.45, 7) is 10.5. The summed E-state index contributed by atoms with van der Waals surface area (Å²) in [5, 5.41) is 3.22. The summed E-state index contributed by atoms with van der Waals surface area (Å²) in [6.07, 6.45) is 4.09. The molecular weight excluding hydrogens is 158 g/mol. The molecule has 0 heterocycles. The van der Waals surface area contributed by atoms with Gasteiger partial charge in [0.1, 0.15) is 0 Å². The Morgan fingerprint density at radius 1 is 0.846 bits per heavy atom. The van der Waals surface area contributed by atoms with E-state index < -0.39 is 0 Å². The van der Waals surface area contributed by atoms with Crippen molar-refractivity contribution in [3.8, 4) is 0 Å². The van der Waals surface area contributed by atoms with E-state index in [4.69, 9.17) is 0 Å². The Balaban J connectivity index is 3.50. The van der Waals surface area contributed by atoms with E-state index >= 15 is 0 Å². The molecule has 2 atom stereocenters. The lowest BCUT2D eigenvalue weighted by Gasteiger charge is -2.20. The highest BCUT2D eigenvalue weighted by molar-refractivity contribution is 4.64. The second-order valence-electron chi connectivity index (χ2n) is 4.82. The zero-order valence-electron chi connectivity index (χ0n) is 10.1. The van der Waals surface area contributed by atoms with E-state index in [1.165, 1.54) is 19.3 Å². The highest BCUT2D eigenvalue weighted by Crippen LogP contribution is 2.21. The van der Waals surface area contributed by atoms with Gasteiger partial charge in [-0.1, -0.05) is 40.5 Å². The second-order valence-corrected chi connectivity index (χ2v) is 4.82. The van der Waals surface area contributed by atoms with Gasteiger partial charge in [0.15, 0.2) is 0 Å². The molecule has 0 bridgehead atoms. The third kappa shape index (κ3) is 7.06. The lowest BCUT2D eigenvalue weighted by molar-refractivity contribution is 0.319. The van der Waals surface area contributed by atoms with Crippen LogP contribution in [0.2, 0.25) is 0 Å². The molecule has 0 aliphatic rings. The standard InChI is InChI=1S/C12H27N/c1-10(2)6-7-11(3)12(4)8-9-13-5/h10-13H,6-9H2,1-5H3. The van der Waals surface area contributed by atoms with Crippen LogP contribution < -0.4 is 5.32 Å². The molecule has 0 amide bonds. The average Bonchev–Trinajstić information content (AvgIpc) is 2.10. The van der Waals surface area contributed by atoms with Crippen molar-refractivity contribution in [2.75, 3.05) is 13.6 Å². The maximum absolute atomic E-state index is 3.22. The minimum Gasteiger partial charge on any atom is -0.320 e. The van der Waals surface area contributed by atoms with Gasteiger partial charge < -0.3 is 5.32 Å². The lowest BCUT2D eigenvalue weighted by atomic mass is 9.87. The van der Waals surface area contributed by atoms with E-state index in [2.05, 4.69) is 33.0 Å². The zero-order valence-corrected chi connectivity index (χ0v) is 10.1. The van der Waals surface area contributed by atoms with Crippen molar-refractivity contribution in [3.05, 3.63) is 0 Å². The van der Waals surface area contributed by atoms with Gasteiger partial charge in [-0.25, -0.2) is 0 Å². The molecule has 0 rings (SSSR count). The first-order chi connectivity index (χ1) is 6.07. The zero-order chi connectivity index (χ0) is 10.3. The molecular formula is C12H27N. The fraction of sp³-hybridized carbons (Fsp3) is 1.00. The molecule has 0 spiro atoms. The number of hydrogen-bond acceptors (Lipinski definition) is 1. The largest absolute Gasteiger partial charge is 0.320 e. The third-order valence-electron chi connectivity index (χ3n) is 3.02. The van der Waals surface area contributed by atoms with Gasteiger partial charge in [0.2, 0.25) is 0 Å². The van der Waals surface area contributed by atoms with E-state index in [0.29, 0.717) is 0 Å². The van der Waals surface area contributed by atoms with Crippen LogP contribution >= 0.6 is 0 Å². The molecule has 0 aromatic heterocycles. The fourth-order valence-electron chi connectivity index (χ4n) is 1.54. The molecule has 0 fully saturated rings. The first kappa shape index (κ1) is 13.0. The molecule has 0 aromatic rings. The van der Waals surface area contributed by atoms with Gasteiger partial charge >= 0.3 is 0 Å². The Bertz CT molecular complexity index is 110. The van der Waals surface area contributed by atoms with E-state index in [9.17, 15) is 0 Å². The molecule has 1 heteroatoms. The summed E-state index contributed by atoms with van der Waals surface area (Å²) in [5.41, 5.74) is 0. The topological polar surface area (TPSA) is 12.0 Å². The van der Waals surface area contributed by atoms with Crippen LogP contribution in [0.5, 0.6) is 0 Å². The molecule has 0 saturated heterocycles. The summed E-state index contributed by atoms with van der Waals surface area (Å²) >= 11 is 0. The van der Waals surface area contributed by atoms with E-state index in [1.54, 1.807) is 0 Å². The van der Waals surface area contributed by atoms with Gasteiger partial charge in [-0.3, -0.25) is 0 Å². The van der Waals surface area contributed by atoms with Gasteiger partial charge in [0.05, 0.1) is 0 Å². The monoisotopic (exact) mass is 185 g/mol. The summed E-state index contributed by atoms with van der Waals surface area (Å²) in [7, 11) is 2.03. The third-order valence-corrected chi connectivity index (χ3v) is 3.02. The molecule has 0 aliphatic heterocycles. The molecule has 0 aliphatic carbocycles. The fourth-order valence-corrected chi connectivity index (χ4v) is 1.54. The Hall–Kier alpha value is -0.0400. The minimum atomic E-state index is 0.860. The predicted octanol–water partition coefficient (Wildman–Crippen LogP) is 3.30. The second kappa shape index (κ2) is 7.37. The number of nitrogens with one attached hydrogen (secondary N) is 1. The van der Waals surface area contributed by atoms with Crippen LogP contribution in [0.25, 0.3) is 0 Å². The summed E-state index contributed by atoms with van der Waals surface area (Å²) in [5.74, 6) is 2.61. The van der Waals surface area contributed by atoms with Crippen molar-refractivity contribution in [2.24, 2.45) is 17.8 Å². The van der Waals surface area contributed by atoms with Crippen molar-refractivity contribution in [2.45, 2.75) is 47.0 Å². The van der Waals surface area contributed by atoms with Gasteiger partial charge in [0.25, 0.3) is 0 Å². The number of hydrogen-bond donors (Lipinski definition) is 1.